The van der Waals surface area contributed by atoms with E-state index in [1.54, 1.807) is 0 Å². The van der Waals surface area contributed by atoms with Crippen molar-refractivity contribution in [1.29, 1.82) is 0 Å². The minimum atomic E-state index is 0.653. The first kappa shape index (κ1) is 4.80. The lowest BCUT2D eigenvalue weighted by Gasteiger charge is -2.35. The topological polar surface area (TPSA) is 9.23 Å². The van der Waals surface area contributed by atoms with Crippen LogP contribution in [0.3, 0.4) is 0 Å². The molecule has 2 saturated heterocycles. The van der Waals surface area contributed by atoms with Crippen LogP contribution in [-0.4, -0.2) is 12.7 Å². The Kier molecular flexibility index (Phi) is 1.04. The number of hydrogen-bond acceptors (Lipinski definition) is 1. The lowest BCUT2D eigenvalue weighted by atomic mass is 9.85. The largest absolute Gasteiger partial charge is 0.378 e. The maximum absolute atomic E-state index is 5.48. The van der Waals surface area contributed by atoms with E-state index in [4.69, 9.17) is 4.74 Å². The van der Waals surface area contributed by atoms with Gasteiger partial charge in [0.15, 0.2) is 0 Å². The first-order valence-electron chi connectivity index (χ1n) is 3.57. The van der Waals surface area contributed by atoms with E-state index in [1.807, 2.05) is 0 Å². The van der Waals surface area contributed by atoms with Crippen LogP contribution in [0, 0.1) is 5.92 Å². The smallest absolute Gasteiger partial charge is 0.0575 e. The summed E-state index contributed by atoms with van der Waals surface area (Å²) in [6, 6.07) is 0. The van der Waals surface area contributed by atoms with Crippen LogP contribution in [0.25, 0.3) is 0 Å². The van der Waals surface area contributed by atoms with E-state index in [0.717, 1.165) is 12.5 Å². The van der Waals surface area contributed by atoms with Gasteiger partial charge >= 0.3 is 0 Å². The molecule has 2 heterocycles. The van der Waals surface area contributed by atoms with Gasteiger partial charge in [-0.3, -0.25) is 0 Å². The van der Waals surface area contributed by atoms with E-state index < -0.39 is 0 Å². The van der Waals surface area contributed by atoms with Crippen LogP contribution < -0.4 is 0 Å². The second-order valence-corrected chi connectivity index (χ2v) is 2.98. The van der Waals surface area contributed by atoms with Crippen LogP contribution in [0.1, 0.15) is 25.7 Å². The van der Waals surface area contributed by atoms with Gasteiger partial charge in [-0.05, 0) is 31.6 Å². The Bertz CT molecular complexity index is 59.4. The van der Waals surface area contributed by atoms with Gasteiger partial charge < -0.3 is 4.74 Å². The Morgan fingerprint density at radius 3 is 1.88 bits per heavy atom. The van der Waals surface area contributed by atoms with Crippen molar-refractivity contribution in [3.8, 4) is 0 Å². The van der Waals surface area contributed by atoms with Crippen molar-refractivity contribution >= 4 is 0 Å². The molecule has 3 fully saturated rings. The fourth-order valence-corrected chi connectivity index (χ4v) is 1.74. The highest BCUT2D eigenvalue weighted by Gasteiger charge is 2.27. The van der Waals surface area contributed by atoms with Gasteiger partial charge in [-0.25, -0.2) is 0 Å². The van der Waals surface area contributed by atoms with Gasteiger partial charge in [0, 0.05) is 6.61 Å². The lowest BCUT2D eigenvalue weighted by molar-refractivity contribution is -0.0615. The average Bonchev–Trinajstić information content (AvgIpc) is 1.92. The number of hydrogen-bond donors (Lipinski definition) is 0. The molecule has 1 nitrogen and oxygen atoms in total. The third kappa shape index (κ3) is 0.655. The second-order valence-electron chi connectivity index (χ2n) is 2.98. The molecule has 0 aromatic carbocycles. The summed E-state index contributed by atoms with van der Waals surface area (Å²) >= 11 is 0. The van der Waals surface area contributed by atoms with E-state index in [1.165, 1.54) is 25.7 Å². The summed E-state index contributed by atoms with van der Waals surface area (Å²) < 4.78 is 5.48. The predicted molar refractivity (Wildman–Crippen MR) is 31.7 cm³/mol. The van der Waals surface area contributed by atoms with Crippen LogP contribution in [0.5, 0.6) is 0 Å². The van der Waals surface area contributed by atoms with E-state index >= 15 is 0 Å². The highest BCUT2D eigenvalue weighted by Crippen LogP contribution is 2.31. The number of fused-ring (bicyclic) bond motifs is 3. The molecule has 0 amide bonds. The first-order chi connectivity index (χ1) is 3.95. The lowest BCUT2D eigenvalue weighted by Crippen LogP contribution is -2.32. The Morgan fingerprint density at radius 2 is 1.75 bits per heavy atom. The summed E-state index contributed by atoms with van der Waals surface area (Å²) in [5.74, 6) is 0.931. The zero-order valence-corrected chi connectivity index (χ0v) is 5.10. The van der Waals surface area contributed by atoms with Crippen molar-refractivity contribution in [2.24, 2.45) is 5.92 Å². The van der Waals surface area contributed by atoms with Gasteiger partial charge in [0.05, 0.1) is 6.10 Å². The molecule has 2 bridgehead atoms. The van der Waals surface area contributed by atoms with E-state index in [9.17, 15) is 0 Å². The molecule has 0 unspecified atom stereocenters. The molecule has 2 aliphatic heterocycles. The van der Waals surface area contributed by atoms with E-state index in [2.05, 4.69) is 0 Å². The minimum Gasteiger partial charge on any atom is -0.378 e. The van der Waals surface area contributed by atoms with Crippen LogP contribution in [-0.2, 0) is 4.74 Å². The molecule has 1 heteroatoms. The monoisotopic (exact) mass is 112 g/mol. The summed E-state index contributed by atoms with van der Waals surface area (Å²) in [6.07, 6.45) is 6.20. The fraction of sp³-hybridized carbons (Fsp3) is 1.00. The maximum atomic E-state index is 5.48. The van der Waals surface area contributed by atoms with Gasteiger partial charge in [0.2, 0.25) is 0 Å². The van der Waals surface area contributed by atoms with Crippen LogP contribution >= 0.6 is 0 Å². The SMILES string of the molecule is C1CC2CCC1CO2. The molecular weight excluding hydrogens is 100 g/mol. The van der Waals surface area contributed by atoms with Crippen LogP contribution in [0.15, 0.2) is 0 Å². The zero-order chi connectivity index (χ0) is 5.40. The molecule has 0 spiro atoms. The third-order valence-electron chi connectivity index (χ3n) is 2.36. The molecule has 0 radical (unpaired) electrons. The van der Waals surface area contributed by atoms with Crippen molar-refractivity contribution in [2.75, 3.05) is 6.61 Å². The van der Waals surface area contributed by atoms with Gasteiger partial charge in [-0.15, -0.1) is 0 Å². The molecular formula is C7H12O. The molecule has 8 heavy (non-hydrogen) atoms. The summed E-state index contributed by atoms with van der Waals surface area (Å²) in [6.45, 7) is 1.06. The van der Waals surface area contributed by atoms with Crippen molar-refractivity contribution in [3.05, 3.63) is 0 Å². The van der Waals surface area contributed by atoms with Gasteiger partial charge in [-0.2, -0.15) is 0 Å². The average molecular weight is 112 g/mol. The molecule has 0 atom stereocenters. The summed E-state index contributed by atoms with van der Waals surface area (Å²) in [7, 11) is 0. The Morgan fingerprint density at radius 1 is 1.00 bits per heavy atom. The molecule has 1 saturated carbocycles. The van der Waals surface area contributed by atoms with Crippen molar-refractivity contribution in [1.82, 2.24) is 0 Å². The zero-order valence-electron chi connectivity index (χ0n) is 5.10. The standard InChI is InChI=1S/C7H12O/c1-3-7-4-2-6(1)5-8-7/h6-7H,1-5H2. The van der Waals surface area contributed by atoms with Gasteiger partial charge in [0.25, 0.3) is 0 Å². The fourth-order valence-electron chi connectivity index (χ4n) is 1.74. The normalized spacial score (nSPS) is 45.0. The molecule has 46 valence electrons. The summed E-state index contributed by atoms with van der Waals surface area (Å²) in [5, 5.41) is 0. The Hall–Kier alpha value is -0.0400. The third-order valence-corrected chi connectivity index (χ3v) is 2.36. The van der Waals surface area contributed by atoms with Crippen molar-refractivity contribution < 1.29 is 4.74 Å². The van der Waals surface area contributed by atoms with Gasteiger partial charge in [0.1, 0.15) is 0 Å². The highest BCUT2D eigenvalue weighted by atomic mass is 16.5. The molecule has 0 N–H and O–H groups in total. The van der Waals surface area contributed by atoms with Crippen LogP contribution in [0.4, 0.5) is 0 Å². The molecule has 1 aliphatic carbocycles. The highest BCUT2D eigenvalue weighted by molar-refractivity contribution is 4.77. The van der Waals surface area contributed by atoms with E-state index in [-0.39, 0.29) is 0 Å². The maximum Gasteiger partial charge on any atom is 0.0575 e. The summed E-state index contributed by atoms with van der Waals surface area (Å²) in [5.41, 5.74) is 0. The van der Waals surface area contributed by atoms with E-state index in [0.29, 0.717) is 6.10 Å². The Balaban J connectivity index is 2.03. The second kappa shape index (κ2) is 1.73. The Labute approximate surface area is 50.0 Å². The van der Waals surface area contributed by atoms with Gasteiger partial charge in [-0.1, -0.05) is 0 Å². The van der Waals surface area contributed by atoms with Crippen LogP contribution in [0.2, 0.25) is 0 Å². The molecule has 0 aromatic rings. The summed E-state index contributed by atoms with van der Waals surface area (Å²) in [4.78, 5) is 0. The first-order valence-corrected chi connectivity index (χ1v) is 3.57. The van der Waals surface area contributed by atoms with Crippen molar-refractivity contribution in [3.63, 3.8) is 0 Å². The molecule has 3 aliphatic rings. The number of ether oxygens (including phenoxy) is 1. The molecule has 0 aromatic heterocycles. The number of rotatable bonds is 0. The minimum absolute atomic E-state index is 0.653. The quantitative estimate of drug-likeness (QED) is 0.462. The van der Waals surface area contributed by atoms with Crippen molar-refractivity contribution in [2.45, 2.75) is 31.8 Å². The predicted octanol–water partition coefficient (Wildman–Crippen LogP) is 1.58. The molecule has 3 rings (SSSR count).